The second-order valence-corrected chi connectivity index (χ2v) is 3.91. The molecule has 0 spiro atoms. The Balaban J connectivity index is 2.07. The van der Waals surface area contributed by atoms with Crippen LogP contribution in [-0.2, 0) is 19.1 Å². The van der Waals surface area contributed by atoms with Gasteiger partial charge in [0.15, 0.2) is 5.60 Å². The molecule has 2 atom stereocenters. The summed E-state index contributed by atoms with van der Waals surface area (Å²) in [7, 11) is 1.38. The van der Waals surface area contributed by atoms with Gasteiger partial charge in [0.25, 0.3) is 0 Å². The van der Waals surface area contributed by atoms with E-state index in [1.165, 1.54) is 7.11 Å². The second kappa shape index (κ2) is 3.49. The van der Waals surface area contributed by atoms with Gasteiger partial charge in [-0.2, -0.15) is 5.06 Å². The number of carbonyl (C=O) groups excluding carboxylic acids is 1. The molecule has 0 saturated carbocycles. The van der Waals surface area contributed by atoms with Crippen LogP contribution in [-0.4, -0.2) is 43.1 Å². The average Bonchev–Trinajstić information content (AvgIpc) is 2.54. The Morgan fingerprint density at radius 1 is 1.64 bits per heavy atom. The molecule has 0 aromatic carbocycles. The lowest BCUT2D eigenvalue weighted by Crippen LogP contribution is -2.38. The van der Waals surface area contributed by atoms with E-state index in [2.05, 4.69) is 0 Å². The first-order valence-electron chi connectivity index (χ1n) is 4.78. The van der Waals surface area contributed by atoms with E-state index in [9.17, 15) is 4.79 Å². The van der Waals surface area contributed by atoms with E-state index in [4.69, 9.17) is 14.3 Å². The number of esters is 1. The minimum atomic E-state index is -0.826. The molecule has 0 unspecified atom stereocenters. The maximum atomic E-state index is 11.5. The summed E-state index contributed by atoms with van der Waals surface area (Å²) in [5.41, 5.74) is -0.826. The van der Waals surface area contributed by atoms with Gasteiger partial charge in [0, 0.05) is 12.5 Å². The van der Waals surface area contributed by atoms with Gasteiger partial charge < -0.3 is 9.47 Å². The third kappa shape index (κ3) is 1.51. The number of hydrogen-bond acceptors (Lipinski definition) is 5. The molecule has 2 heterocycles. The number of methoxy groups -OCH3 is 1. The fourth-order valence-electron chi connectivity index (χ4n) is 2.01. The number of hydroxylamine groups is 2. The monoisotopic (exact) mass is 201 g/mol. The molecule has 2 aliphatic rings. The maximum Gasteiger partial charge on any atom is 0.340 e. The quantitative estimate of drug-likeness (QED) is 0.571. The van der Waals surface area contributed by atoms with Crippen molar-refractivity contribution < 1.29 is 19.1 Å². The van der Waals surface area contributed by atoms with Crippen molar-refractivity contribution in [3.05, 3.63) is 0 Å². The summed E-state index contributed by atoms with van der Waals surface area (Å²) >= 11 is 0. The Morgan fingerprint density at radius 2 is 2.43 bits per heavy atom. The van der Waals surface area contributed by atoms with Gasteiger partial charge in [-0.15, -0.1) is 0 Å². The summed E-state index contributed by atoms with van der Waals surface area (Å²) in [6.45, 7) is 2.94. The Kier molecular flexibility index (Phi) is 2.47. The Bertz CT molecular complexity index is 229. The van der Waals surface area contributed by atoms with Crippen LogP contribution in [0, 0.1) is 0 Å². The van der Waals surface area contributed by atoms with Crippen LogP contribution in [0.25, 0.3) is 0 Å². The predicted molar refractivity (Wildman–Crippen MR) is 47.2 cm³/mol. The largest absolute Gasteiger partial charge is 0.467 e. The molecule has 80 valence electrons. The summed E-state index contributed by atoms with van der Waals surface area (Å²) < 4.78 is 9.95. The molecule has 0 radical (unpaired) electrons. The molecule has 0 aliphatic carbocycles. The number of ether oxygens (including phenoxy) is 2. The van der Waals surface area contributed by atoms with Gasteiger partial charge in [-0.25, -0.2) is 4.79 Å². The van der Waals surface area contributed by atoms with Gasteiger partial charge in [-0.05, 0) is 13.3 Å². The fourth-order valence-corrected chi connectivity index (χ4v) is 2.01. The van der Waals surface area contributed by atoms with E-state index in [0.717, 1.165) is 13.0 Å². The standard InChI is InChI=1S/C9H15NO4/c1-9(8(11)12-2)5-7-3-4-13-6-10(7)14-9/h7H,3-6H2,1-2H3/t7-,9+/m1/s1. The molecular formula is C9H15NO4. The van der Waals surface area contributed by atoms with Gasteiger partial charge in [0.1, 0.15) is 6.73 Å². The van der Waals surface area contributed by atoms with E-state index < -0.39 is 5.60 Å². The highest BCUT2D eigenvalue weighted by Crippen LogP contribution is 2.34. The second-order valence-electron chi connectivity index (χ2n) is 3.91. The summed E-state index contributed by atoms with van der Waals surface area (Å²) in [5.74, 6) is -0.313. The number of rotatable bonds is 1. The van der Waals surface area contributed by atoms with Crippen LogP contribution >= 0.6 is 0 Å². The lowest BCUT2D eigenvalue weighted by Gasteiger charge is -2.27. The molecule has 5 heteroatoms. The van der Waals surface area contributed by atoms with Gasteiger partial charge >= 0.3 is 5.97 Å². The highest BCUT2D eigenvalue weighted by atomic mass is 16.7. The Hall–Kier alpha value is -0.650. The van der Waals surface area contributed by atoms with Gasteiger partial charge in [0.2, 0.25) is 0 Å². The number of carbonyl (C=O) groups is 1. The minimum Gasteiger partial charge on any atom is -0.467 e. The summed E-state index contributed by atoms with van der Waals surface area (Å²) in [6.07, 6.45) is 1.59. The summed E-state index contributed by atoms with van der Waals surface area (Å²) in [4.78, 5) is 17.0. The maximum absolute atomic E-state index is 11.5. The van der Waals surface area contributed by atoms with E-state index in [0.29, 0.717) is 13.2 Å². The van der Waals surface area contributed by atoms with E-state index in [1.54, 1.807) is 12.0 Å². The van der Waals surface area contributed by atoms with Crippen LogP contribution in [0.4, 0.5) is 0 Å². The topological polar surface area (TPSA) is 48.0 Å². The molecule has 2 rings (SSSR count). The molecular weight excluding hydrogens is 186 g/mol. The van der Waals surface area contributed by atoms with Crippen LogP contribution in [0.3, 0.4) is 0 Å². The molecule has 2 fully saturated rings. The lowest BCUT2D eigenvalue weighted by atomic mass is 9.97. The zero-order chi connectivity index (χ0) is 10.2. The number of hydrogen-bond donors (Lipinski definition) is 0. The van der Waals surface area contributed by atoms with Crippen molar-refractivity contribution >= 4 is 5.97 Å². The van der Waals surface area contributed by atoms with Crippen molar-refractivity contribution in [3.63, 3.8) is 0 Å². The van der Waals surface area contributed by atoms with Gasteiger partial charge in [0.05, 0.1) is 13.7 Å². The third-order valence-corrected chi connectivity index (χ3v) is 2.78. The molecule has 0 bridgehead atoms. The molecule has 0 aromatic heterocycles. The first-order valence-corrected chi connectivity index (χ1v) is 4.78. The van der Waals surface area contributed by atoms with E-state index in [1.807, 2.05) is 0 Å². The van der Waals surface area contributed by atoms with Crippen molar-refractivity contribution in [1.29, 1.82) is 0 Å². The van der Waals surface area contributed by atoms with Crippen LogP contribution in [0.5, 0.6) is 0 Å². The minimum absolute atomic E-state index is 0.285. The zero-order valence-electron chi connectivity index (χ0n) is 8.49. The van der Waals surface area contributed by atoms with Gasteiger partial charge in [-0.1, -0.05) is 0 Å². The normalized spacial score (nSPS) is 38.0. The molecule has 5 nitrogen and oxygen atoms in total. The van der Waals surface area contributed by atoms with Crippen molar-refractivity contribution in [2.24, 2.45) is 0 Å². The lowest BCUT2D eigenvalue weighted by molar-refractivity contribution is -0.255. The number of nitrogens with zero attached hydrogens (tertiary/aromatic N) is 1. The first kappa shape index (κ1) is 9.89. The van der Waals surface area contributed by atoms with E-state index >= 15 is 0 Å². The Labute approximate surface area is 82.9 Å². The van der Waals surface area contributed by atoms with Crippen molar-refractivity contribution in [3.8, 4) is 0 Å². The third-order valence-electron chi connectivity index (χ3n) is 2.78. The van der Waals surface area contributed by atoms with E-state index in [-0.39, 0.29) is 12.0 Å². The van der Waals surface area contributed by atoms with Crippen molar-refractivity contribution in [2.75, 3.05) is 20.4 Å². The fraction of sp³-hybridized carbons (Fsp3) is 0.889. The molecule has 0 amide bonds. The smallest absolute Gasteiger partial charge is 0.340 e. The van der Waals surface area contributed by atoms with Crippen LogP contribution in [0.15, 0.2) is 0 Å². The zero-order valence-corrected chi connectivity index (χ0v) is 8.49. The highest BCUT2D eigenvalue weighted by Gasteiger charge is 2.49. The molecule has 2 aliphatic heterocycles. The molecule has 0 aromatic rings. The van der Waals surface area contributed by atoms with Crippen LogP contribution < -0.4 is 0 Å². The first-order chi connectivity index (χ1) is 6.65. The molecule has 0 N–H and O–H groups in total. The summed E-state index contributed by atoms with van der Waals surface area (Å²) in [5, 5.41) is 1.74. The van der Waals surface area contributed by atoms with Crippen molar-refractivity contribution in [1.82, 2.24) is 5.06 Å². The van der Waals surface area contributed by atoms with Crippen LogP contribution in [0.1, 0.15) is 19.8 Å². The van der Waals surface area contributed by atoms with Gasteiger partial charge in [-0.3, -0.25) is 4.84 Å². The van der Waals surface area contributed by atoms with Crippen LogP contribution in [0.2, 0.25) is 0 Å². The molecule has 14 heavy (non-hydrogen) atoms. The van der Waals surface area contributed by atoms with Crippen molar-refractivity contribution in [2.45, 2.75) is 31.4 Å². The SMILES string of the molecule is COC(=O)[C@]1(C)C[C@H]2CCOCN2O1. The molecule has 2 saturated heterocycles. The number of fused-ring (bicyclic) bond motifs is 1. The highest BCUT2D eigenvalue weighted by molar-refractivity contribution is 5.79. The predicted octanol–water partition coefficient (Wildman–Crippen LogP) is 0.302. The average molecular weight is 201 g/mol. The Morgan fingerprint density at radius 3 is 3.07 bits per heavy atom. The summed E-state index contributed by atoms with van der Waals surface area (Å²) in [6, 6.07) is 0.285.